The van der Waals surface area contributed by atoms with Gasteiger partial charge in [-0.25, -0.2) is 0 Å². The summed E-state index contributed by atoms with van der Waals surface area (Å²) in [4.78, 5) is 0. The highest BCUT2D eigenvalue weighted by atomic mass is 16.3. The first-order chi connectivity index (χ1) is 6.56. The van der Waals surface area contributed by atoms with Gasteiger partial charge in [0.05, 0.1) is 5.60 Å². The van der Waals surface area contributed by atoms with Crippen molar-refractivity contribution >= 4 is 0 Å². The summed E-state index contributed by atoms with van der Waals surface area (Å²) in [5.74, 6) is 2.19. The van der Waals surface area contributed by atoms with E-state index in [0.717, 1.165) is 5.92 Å². The number of hydrogen-bond acceptors (Lipinski definition) is 1. The molecule has 1 heteroatoms. The Labute approximate surface area is 86.9 Å². The van der Waals surface area contributed by atoms with Crippen molar-refractivity contribution in [1.29, 1.82) is 0 Å². The smallest absolute Gasteiger partial charge is 0.0676 e. The molecule has 1 nitrogen and oxygen atoms in total. The fraction of sp³-hybridized carbons (Fsp3) is 1.00. The summed E-state index contributed by atoms with van der Waals surface area (Å²) in [7, 11) is 0. The van der Waals surface area contributed by atoms with E-state index in [2.05, 4.69) is 13.8 Å². The zero-order valence-corrected chi connectivity index (χ0v) is 9.42. The van der Waals surface area contributed by atoms with Gasteiger partial charge in [-0.1, -0.05) is 13.3 Å². The monoisotopic (exact) mass is 194 g/mol. The maximum absolute atomic E-state index is 10.5. The fourth-order valence-corrected chi connectivity index (χ4v) is 4.80. The topological polar surface area (TPSA) is 20.2 Å². The first-order valence-electron chi connectivity index (χ1n) is 6.28. The van der Waals surface area contributed by atoms with E-state index >= 15 is 0 Å². The van der Waals surface area contributed by atoms with Crippen molar-refractivity contribution in [2.45, 2.75) is 58.0 Å². The van der Waals surface area contributed by atoms with Crippen LogP contribution >= 0.6 is 0 Å². The zero-order valence-electron chi connectivity index (χ0n) is 9.42. The van der Waals surface area contributed by atoms with Crippen molar-refractivity contribution in [3.63, 3.8) is 0 Å². The minimum atomic E-state index is -0.324. The molecule has 4 bridgehead atoms. The van der Waals surface area contributed by atoms with Gasteiger partial charge in [0, 0.05) is 0 Å². The second-order valence-corrected chi connectivity index (χ2v) is 6.42. The zero-order chi connectivity index (χ0) is 9.97. The van der Waals surface area contributed by atoms with Crippen LogP contribution in [0.25, 0.3) is 0 Å². The van der Waals surface area contributed by atoms with E-state index in [9.17, 15) is 5.11 Å². The van der Waals surface area contributed by atoms with Gasteiger partial charge >= 0.3 is 0 Å². The number of rotatable bonds is 1. The summed E-state index contributed by atoms with van der Waals surface area (Å²) in [6.07, 6.45) is 8.04. The molecule has 4 fully saturated rings. The van der Waals surface area contributed by atoms with E-state index in [1.165, 1.54) is 38.5 Å². The first-order valence-corrected chi connectivity index (χ1v) is 6.28. The Hall–Kier alpha value is -0.0400. The van der Waals surface area contributed by atoms with Gasteiger partial charge in [-0.2, -0.15) is 0 Å². The van der Waals surface area contributed by atoms with Crippen molar-refractivity contribution in [2.24, 2.45) is 23.2 Å². The van der Waals surface area contributed by atoms with Gasteiger partial charge in [0.1, 0.15) is 0 Å². The van der Waals surface area contributed by atoms with Gasteiger partial charge in [-0.05, 0) is 62.2 Å². The van der Waals surface area contributed by atoms with Crippen molar-refractivity contribution < 1.29 is 5.11 Å². The quantitative estimate of drug-likeness (QED) is 0.680. The summed E-state index contributed by atoms with van der Waals surface area (Å²) >= 11 is 0. The fourth-order valence-electron chi connectivity index (χ4n) is 4.80. The average Bonchev–Trinajstić information content (AvgIpc) is 2.14. The maximum Gasteiger partial charge on any atom is 0.0676 e. The molecule has 0 radical (unpaired) electrons. The molecule has 0 aromatic carbocycles. The van der Waals surface area contributed by atoms with Crippen molar-refractivity contribution in [3.8, 4) is 0 Å². The normalized spacial score (nSPS) is 60.6. The van der Waals surface area contributed by atoms with Crippen LogP contribution in [0.3, 0.4) is 0 Å². The third kappa shape index (κ3) is 0.997. The molecule has 0 saturated heterocycles. The van der Waals surface area contributed by atoms with Crippen LogP contribution in [0.2, 0.25) is 0 Å². The van der Waals surface area contributed by atoms with E-state index in [1.54, 1.807) is 0 Å². The van der Waals surface area contributed by atoms with Gasteiger partial charge in [0.2, 0.25) is 0 Å². The second kappa shape index (κ2) is 2.55. The largest absolute Gasteiger partial charge is 0.390 e. The molecule has 4 rings (SSSR count). The van der Waals surface area contributed by atoms with E-state index in [-0.39, 0.29) is 5.60 Å². The minimum Gasteiger partial charge on any atom is -0.390 e. The molecule has 2 unspecified atom stereocenters. The van der Waals surface area contributed by atoms with Gasteiger partial charge in [0.15, 0.2) is 0 Å². The predicted octanol–water partition coefficient (Wildman–Crippen LogP) is 2.97. The third-order valence-corrected chi connectivity index (χ3v) is 5.72. The molecule has 0 aromatic rings. The highest BCUT2D eigenvalue weighted by molar-refractivity contribution is 5.09. The SMILES string of the molecule is CCC12CC3CC(C1)C(C)(O)C(C3)C2. The molecule has 1 N–H and O–H groups in total. The Morgan fingerprint density at radius 3 is 2.21 bits per heavy atom. The highest BCUT2D eigenvalue weighted by Gasteiger charge is 2.58. The van der Waals surface area contributed by atoms with E-state index in [0.29, 0.717) is 17.3 Å². The summed E-state index contributed by atoms with van der Waals surface area (Å²) in [6, 6.07) is 0. The van der Waals surface area contributed by atoms with Crippen LogP contribution in [-0.4, -0.2) is 10.7 Å². The van der Waals surface area contributed by atoms with Crippen molar-refractivity contribution in [3.05, 3.63) is 0 Å². The summed E-state index contributed by atoms with van der Waals surface area (Å²) in [5.41, 5.74) is 0.314. The molecular weight excluding hydrogens is 172 g/mol. The minimum absolute atomic E-state index is 0.324. The maximum atomic E-state index is 10.5. The Bertz CT molecular complexity index is 238. The number of aliphatic hydroxyl groups is 1. The van der Waals surface area contributed by atoms with Crippen LogP contribution in [0.4, 0.5) is 0 Å². The van der Waals surface area contributed by atoms with E-state index in [4.69, 9.17) is 0 Å². The summed E-state index contributed by atoms with van der Waals surface area (Å²) in [5, 5.41) is 10.5. The van der Waals surface area contributed by atoms with Crippen molar-refractivity contribution in [2.75, 3.05) is 0 Å². The lowest BCUT2D eigenvalue weighted by Crippen LogP contribution is -2.59. The van der Waals surface area contributed by atoms with Gasteiger partial charge in [-0.3, -0.25) is 0 Å². The predicted molar refractivity (Wildman–Crippen MR) is 56.9 cm³/mol. The lowest BCUT2D eigenvalue weighted by atomic mass is 9.44. The van der Waals surface area contributed by atoms with Crippen LogP contribution in [0, 0.1) is 23.2 Å². The van der Waals surface area contributed by atoms with Gasteiger partial charge < -0.3 is 5.11 Å². The summed E-state index contributed by atoms with van der Waals surface area (Å²) < 4.78 is 0. The molecule has 14 heavy (non-hydrogen) atoms. The molecule has 0 heterocycles. The van der Waals surface area contributed by atoms with Gasteiger partial charge in [-0.15, -0.1) is 0 Å². The molecule has 0 amide bonds. The highest BCUT2D eigenvalue weighted by Crippen LogP contribution is 2.64. The Morgan fingerprint density at radius 2 is 1.71 bits per heavy atom. The molecule has 2 atom stereocenters. The Morgan fingerprint density at radius 1 is 1.14 bits per heavy atom. The van der Waals surface area contributed by atoms with Crippen LogP contribution in [-0.2, 0) is 0 Å². The first kappa shape index (κ1) is 9.21. The van der Waals surface area contributed by atoms with Crippen LogP contribution in [0.1, 0.15) is 52.4 Å². The Balaban J connectivity index is 1.96. The van der Waals surface area contributed by atoms with Crippen LogP contribution in [0.5, 0.6) is 0 Å². The molecule has 4 aliphatic carbocycles. The molecule has 4 aliphatic rings. The van der Waals surface area contributed by atoms with Crippen molar-refractivity contribution in [1.82, 2.24) is 0 Å². The number of hydrogen-bond donors (Lipinski definition) is 1. The molecular formula is C13H22O. The molecule has 0 aromatic heterocycles. The third-order valence-electron chi connectivity index (χ3n) is 5.72. The molecule has 0 spiro atoms. The van der Waals surface area contributed by atoms with Gasteiger partial charge in [0.25, 0.3) is 0 Å². The van der Waals surface area contributed by atoms with Crippen LogP contribution < -0.4 is 0 Å². The summed E-state index contributed by atoms with van der Waals surface area (Å²) in [6.45, 7) is 4.45. The van der Waals surface area contributed by atoms with E-state index in [1.807, 2.05) is 0 Å². The molecule has 0 aliphatic heterocycles. The lowest BCUT2D eigenvalue weighted by molar-refractivity contribution is -0.192. The van der Waals surface area contributed by atoms with Crippen LogP contribution in [0.15, 0.2) is 0 Å². The lowest BCUT2D eigenvalue weighted by Gasteiger charge is -2.62. The molecule has 80 valence electrons. The standard InChI is InChI=1S/C13H22O/c1-3-13-6-9-4-10(7-13)12(2,14)11(5-9)8-13/h9-11,14H,3-8H2,1-2H3. The van der Waals surface area contributed by atoms with E-state index < -0.39 is 0 Å². The Kier molecular flexibility index (Phi) is 1.68. The second-order valence-electron chi connectivity index (χ2n) is 6.42. The average molecular weight is 194 g/mol. The molecule has 4 saturated carbocycles.